The number of aromatic hydroxyl groups is 1. The molecule has 4 nitrogen and oxygen atoms in total. The lowest BCUT2D eigenvalue weighted by molar-refractivity contribution is 0.389. The van der Waals surface area contributed by atoms with Crippen molar-refractivity contribution in [2.24, 2.45) is 16.9 Å². The summed E-state index contributed by atoms with van der Waals surface area (Å²) in [5, 5.41) is 17.7. The smallest absolute Gasteiger partial charge is 0.187 e. The van der Waals surface area contributed by atoms with Crippen LogP contribution >= 0.6 is 28.1 Å². The molecule has 0 aliphatic heterocycles. The molecule has 2 fully saturated rings. The molecule has 0 heterocycles. The molecule has 112 valence electrons. The predicted molar refractivity (Wildman–Crippen MR) is 91.5 cm³/mol. The zero-order valence-electron chi connectivity index (χ0n) is 11.6. The van der Waals surface area contributed by atoms with Gasteiger partial charge < -0.3 is 10.4 Å². The second-order valence-electron chi connectivity index (χ2n) is 5.83. The first kappa shape index (κ1) is 14.8. The van der Waals surface area contributed by atoms with Crippen LogP contribution in [-0.4, -0.2) is 22.5 Å². The van der Waals surface area contributed by atoms with Crippen LogP contribution in [-0.2, 0) is 0 Å². The van der Waals surface area contributed by atoms with E-state index in [2.05, 4.69) is 31.8 Å². The molecule has 0 amide bonds. The molecule has 0 unspecified atom stereocenters. The SMILES string of the molecule is Oc1ccc(Br)cc1/C=N\NC(=S)N[C@H]1C[C@H]2CC[C@@H]1C2. The maximum absolute atomic E-state index is 9.71. The van der Waals surface area contributed by atoms with Crippen molar-refractivity contribution in [2.75, 3.05) is 0 Å². The van der Waals surface area contributed by atoms with Gasteiger partial charge in [-0.15, -0.1) is 0 Å². The minimum absolute atomic E-state index is 0.190. The van der Waals surface area contributed by atoms with Crippen LogP contribution in [0.4, 0.5) is 0 Å². The van der Waals surface area contributed by atoms with Crippen LogP contribution < -0.4 is 10.7 Å². The van der Waals surface area contributed by atoms with Crippen molar-refractivity contribution < 1.29 is 5.11 Å². The minimum Gasteiger partial charge on any atom is -0.507 e. The quantitative estimate of drug-likeness (QED) is 0.436. The summed E-state index contributed by atoms with van der Waals surface area (Å²) in [6.45, 7) is 0. The first-order valence-corrected chi connectivity index (χ1v) is 8.40. The predicted octanol–water partition coefficient (Wildman–Crippen LogP) is 3.14. The van der Waals surface area contributed by atoms with Crippen molar-refractivity contribution in [1.29, 1.82) is 0 Å². The lowest BCUT2D eigenvalue weighted by Crippen LogP contribution is -2.42. The van der Waals surface area contributed by atoms with Crippen LogP contribution in [0.3, 0.4) is 0 Å². The van der Waals surface area contributed by atoms with E-state index in [0.29, 0.717) is 16.7 Å². The molecule has 1 aromatic carbocycles. The average Bonchev–Trinajstić information content (AvgIpc) is 3.05. The van der Waals surface area contributed by atoms with Crippen molar-refractivity contribution >= 4 is 39.5 Å². The summed E-state index contributed by atoms with van der Waals surface area (Å²) >= 11 is 8.64. The van der Waals surface area contributed by atoms with Crippen molar-refractivity contribution in [2.45, 2.75) is 31.7 Å². The van der Waals surface area contributed by atoms with Gasteiger partial charge in [0.15, 0.2) is 5.11 Å². The maximum Gasteiger partial charge on any atom is 0.187 e. The number of phenolic OH excluding ortho intramolecular Hbond substituents is 1. The molecule has 2 saturated carbocycles. The third kappa shape index (κ3) is 3.55. The van der Waals surface area contributed by atoms with E-state index in [0.717, 1.165) is 16.3 Å². The fourth-order valence-corrected chi connectivity index (χ4v) is 3.99. The zero-order valence-corrected chi connectivity index (χ0v) is 14.0. The number of nitrogens with one attached hydrogen (secondary N) is 2. The fraction of sp³-hybridized carbons (Fsp3) is 0.467. The first-order chi connectivity index (χ1) is 10.1. The van der Waals surface area contributed by atoms with Gasteiger partial charge in [-0.25, -0.2) is 0 Å². The summed E-state index contributed by atoms with van der Waals surface area (Å²) in [6.07, 6.45) is 6.83. The molecule has 0 spiro atoms. The lowest BCUT2D eigenvalue weighted by atomic mass is 9.96. The van der Waals surface area contributed by atoms with E-state index in [9.17, 15) is 5.11 Å². The second-order valence-corrected chi connectivity index (χ2v) is 7.15. The summed E-state index contributed by atoms with van der Waals surface area (Å²) in [4.78, 5) is 0. The zero-order chi connectivity index (χ0) is 14.8. The average molecular weight is 368 g/mol. The highest BCUT2D eigenvalue weighted by Gasteiger charge is 2.39. The molecule has 21 heavy (non-hydrogen) atoms. The van der Waals surface area contributed by atoms with Gasteiger partial charge in [-0.2, -0.15) is 5.10 Å². The monoisotopic (exact) mass is 367 g/mol. The molecule has 0 saturated heterocycles. The molecule has 2 aliphatic carbocycles. The molecular formula is C15H18BrN3OS. The highest BCUT2D eigenvalue weighted by atomic mass is 79.9. The number of rotatable bonds is 3. The molecule has 2 bridgehead atoms. The van der Waals surface area contributed by atoms with E-state index >= 15 is 0 Å². The van der Waals surface area contributed by atoms with Gasteiger partial charge in [-0.05, 0) is 61.5 Å². The number of hydrogen-bond donors (Lipinski definition) is 3. The fourth-order valence-electron chi connectivity index (χ4n) is 3.41. The Morgan fingerprint density at radius 2 is 2.24 bits per heavy atom. The van der Waals surface area contributed by atoms with Crippen molar-refractivity contribution in [3.8, 4) is 5.75 Å². The second kappa shape index (κ2) is 6.32. The van der Waals surface area contributed by atoms with E-state index in [-0.39, 0.29) is 5.75 Å². The van der Waals surface area contributed by atoms with Gasteiger partial charge in [0, 0.05) is 16.1 Å². The third-order valence-electron chi connectivity index (χ3n) is 4.41. The minimum atomic E-state index is 0.190. The Morgan fingerprint density at radius 3 is 2.95 bits per heavy atom. The Morgan fingerprint density at radius 1 is 1.38 bits per heavy atom. The van der Waals surface area contributed by atoms with Crippen molar-refractivity contribution in [3.05, 3.63) is 28.2 Å². The topological polar surface area (TPSA) is 56.7 Å². The summed E-state index contributed by atoms with van der Waals surface area (Å²) in [5.74, 6) is 1.85. The number of benzene rings is 1. The van der Waals surface area contributed by atoms with E-state index in [1.54, 1.807) is 24.4 Å². The van der Waals surface area contributed by atoms with Gasteiger partial charge >= 0.3 is 0 Å². The Hall–Kier alpha value is -1.14. The summed E-state index contributed by atoms with van der Waals surface area (Å²) in [6, 6.07) is 5.70. The van der Waals surface area contributed by atoms with Crippen LogP contribution in [0.1, 0.15) is 31.2 Å². The van der Waals surface area contributed by atoms with Crippen molar-refractivity contribution in [1.82, 2.24) is 10.7 Å². The molecule has 0 aromatic heterocycles. The van der Waals surface area contributed by atoms with Gasteiger partial charge in [0.2, 0.25) is 0 Å². The Bertz CT molecular complexity index is 578. The molecule has 1 aromatic rings. The normalized spacial score (nSPS) is 27.2. The Labute approximate surface area is 138 Å². The number of nitrogens with zero attached hydrogens (tertiary/aromatic N) is 1. The van der Waals surface area contributed by atoms with Crippen LogP contribution in [0.15, 0.2) is 27.8 Å². The van der Waals surface area contributed by atoms with Crippen LogP contribution in [0.25, 0.3) is 0 Å². The molecule has 3 atom stereocenters. The third-order valence-corrected chi connectivity index (χ3v) is 5.12. The number of fused-ring (bicyclic) bond motifs is 2. The first-order valence-electron chi connectivity index (χ1n) is 7.20. The van der Waals surface area contributed by atoms with Crippen LogP contribution in [0.5, 0.6) is 5.75 Å². The molecule has 6 heteroatoms. The van der Waals surface area contributed by atoms with E-state index in [4.69, 9.17) is 12.2 Å². The van der Waals surface area contributed by atoms with Gasteiger partial charge in [0.25, 0.3) is 0 Å². The van der Waals surface area contributed by atoms with Gasteiger partial charge in [-0.1, -0.05) is 22.4 Å². The Balaban J connectivity index is 1.51. The summed E-state index contributed by atoms with van der Waals surface area (Å²) in [5.41, 5.74) is 3.47. The maximum atomic E-state index is 9.71. The van der Waals surface area contributed by atoms with E-state index in [1.165, 1.54) is 25.7 Å². The molecule has 3 N–H and O–H groups in total. The number of hydrazone groups is 1. The van der Waals surface area contributed by atoms with E-state index in [1.807, 2.05) is 0 Å². The van der Waals surface area contributed by atoms with Gasteiger partial charge in [0.05, 0.1) is 6.21 Å². The number of thiocarbonyl (C=S) groups is 1. The lowest BCUT2D eigenvalue weighted by Gasteiger charge is -2.23. The highest BCUT2D eigenvalue weighted by Crippen LogP contribution is 2.44. The summed E-state index contributed by atoms with van der Waals surface area (Å²) < 4.78 is 0.893. The van der Waals surface area contributed by atoms with Gasteiger partial charge in [0.1, 0.15) is 5.75 Å². The molecular weight excluding hydrogens is 350 g/mol. The molecule has 3 rings (SSSR count). The Kier molecular flexibility index (Phi) is 4.45. The van der Waals surface area contributed by atoms with Gasteiger partial charge in [-0.3, -0.25) is 5.43 Å². The standard InChI is InChI=1S/C15H18BrN3OS/c16-12-3-4-14(20)11(7-12)8-17-19-15(21)18-13-6-9-1-2-10(13)5-9/h3-4,7-10,13,20H,1-2,5-6H2,(H2,18,19,21)/b17-8-/t9-,10+,13-/m0/s1. The number of hydrogen-bond acceptors (Lipinski definition) is 3. The van der Waals surface area contributed by atoms with Crippen LogP contribution in [0, 0.1) is 11.8 Å². The number of halogens is 1. The molecule has 2 aliphatic rings. The van der Waals surface area contributed by atoms with Crippen molar-refractivity contribution in [3.63, 3.8) is 0 Å². The van der Waals surface area contributed by atoms with Crippen LogP contribution in [0.2, 0.25) is 0 Å². The highest BCUT2D eigenvalue weighted by molar-refractivity contribution is 9.10. The van der Waals surface area contributed by atoms with E-state index < -0.39 is 0 Å². The number of phenols is 1. The summed E-state index contributed by atoms with van der Waals surface area (Å²) in [7, 11) is 0. The largest absolute Gasteiger partial charge is 0.507 e. The molecule has 0 radical (unpaired) electrons.